The van der Waals surface area contributed by atoms with Gasteiger partial charge >= 0.3 is 5.97 Å². The fraction of sp³-hybridized carbons (Fsp3) is 0.130. The Bertz CT molecular complexity index is 994. The van der Waals surface area contributed by atoms with Gasteiger partial charge < -0.3 is 10.1 Å². The molecule has 0 aliphatic carbocycles. The molecule has 0 saturated heterocycles. The quantitative estimate of drug-likeness (QED) is 0.551. The number of halogens is 2. The van der Waals surface area contributed by atoms with Crippen molar-refractivity contribution < 1.29 is 18.7 Å². The molecule has 0 fully saturated rings. The Labute approximate surface area is 173 Å². The molecule has 0 aliphatic rings. The molecule has 0 bridgehead atoms. The lowest BCUT2D eigenvalue weighted by atomic mass is 10.0. The van der Waals surface area contributed by atoms with Gasteiger partial charge in [0.15, 0.2) is 0 Å². The minimum atomic E-state index is -0.618. The first-order chi connectivity index (χ1) is 14.0. The van der Waals surface area contributed by atoms with Gasteiger partial charge in [0, 0.05) is 5.56 Å². The molecule has 29 heavy (non-hydrogen) atoms. The van der Waals surface area contributed by atoms with Crippen molar-refractivity contribution in [3.05, 3.63) is 106 Å². The standard InChI is InChI=1S/C23H19ClFNO3/c24-19-12-6-5-11-18(19)23(28)26-21(16-8-2-1-3-9-16)14-22(27)29-15-17-10-4-7-13-20(17)25/h1-13,21H,14-15H2,(H,26,28)/t21-/m0/s1. The minimum Gasteiger partial charge on any atom is -0.461 e. The van der Waals surface area contributed by atoms with Gasteiger partial charge in [-0.15, -0.1) is 0 Å². The minimum absolute atomic E-state index is 0.103. The van der Waals surface area contributed by atoms with E-state index in [0.717, 1.165) is 5.56 Å². The van der Waals surface area contributed by atoms with E-state index in [-0.39, 0.29) is 18.6 Å². The summed E-state index contributed by atoms with van der Waals surface area (Å²) in [5, 5.41) is 3.15. The van der Waals surface area contributed by atoms with Gasteiger partial charge in [-0.05, 0) is 23.8 Å². The summed E-state index contributed by atoms with van der Waals surface area (Å²) in [6.07, 6.45) is -0.103. The molecule has 1 N–H and O–H groups in total. The molecule has 0 aliphatic heterocycles. The predicted molar refractivity (Wildman–Crippen MR) is 109 cm³/mol. The monoisotopic (exact) mass is 411 g/mol. The van der Waals surface area contributed by atoms with E-state index in [1.807, 2.05) is 30.3 Å². The van der Waals surface area contributed by atoms with Crippen molar-refractivity contribution in [2.45, 2.75) is 19.1 Å². The molecule has 1 atom stereocenters. The number of amides is 1. The topological polar surface area (TPSA) is 55.4 Å². The largest absolute Gasteiger partial charge is 0.461 e. The molecule has 0 unspecified atom stereocenters. The number of hydrogen-bond donors (Lipinski definition) is 1. The summed E-state index contributed by atoms with van der Waals surface area (Å²) >= 11 is 6.10. The van der Waals surface area contributed by atoms with E-state index in [9.17, 15) is 14.0 Å². The van der Waals surface area contributed by atoms with E-state index in [0.29, 0.717) is 10.6 Å². The highest BCUT2D eigenvalue weighted by Crippen LogP contribution is 2.21. The van der Waals surface area contributed by atoms with Crippen molar-refractivity contribution in [3.8, 4) is 0 Å². The molecule has 4 nitrogen and oxygen atoms in total. The molecule has 3 aromatic carbocycles. The molecule has 0 radical (unpaired) electrons. The van der Waals surface area contributed by atoms with Crippen LogP contribution in [-0.2, 0) is 16.1 Å². The number of benzene rings is 3. The number of ether oxygens (including phenoxy) is 1. The summed E-state index contributed by atoms with van der Waals surface area (Å²) in [4.78, 5) is 25.0. The summed E-state index contributed by atoms with van der Waals surface area (Å²) in [6.45, 7) is -0.175. The van der Waals surface area contributed by atoms with E-state index in [2.05, 4.69) is 5.32 Å². The Hall–Kier alpha value is -3.18. The van der Waals surface area contributed by atoms with Crippen molar-refractivity contribution in [1.29, 1.82) is 0 Å². The lowest BCUT2D eigenvalue weighted by Crippen LogP contribution is -2.30. The van der Waals surface area contributed by atoms with Crippen molar-refractivity contribution in [2.75, 3.05) is 0 Å². The van der Waals surface area contributed by atoms with E-state index in [1.165, 1.54) is 6.07 Å². The Balaban J connectivity index is 1.71. The van der Waals surface area contributed by atoms with Gasteiger partial charge in [0.2, 0.25) is 0 Å². The van der Waals surface area contributed by atoms with Gasteiger partial charge in [-0.2, -0.15) is 0 Å². The lowest BCUT2D eigenvalue weighted by Gasteiger charge is -2.19. The lowest BCUT2D eigenvalue weighted by molar-refractivity contribution is -0.145. The fourth-order valence-electron chi connectivity index (χ4n) is 2.82. The molecule has 148 valence electrons. The summed E-state index contributed by atoms with van der Waals surface area (Å²) in [5.41, 5.74) is 1.35. The van der Waals surface area contributed by atoms with Gasteiger partial charge in [0.1, 0.15) is 12.4 Å². The predicted octanol–water partition coefficient (Wildman–Crippen LogP) is 5.08. The van der Waals surface area contributed by atoms with Crippen LogP contribution in [0.25, 0.3) is 0 Å². The van der Waals surface area contributed by atoms with Crippen LogP contribution < -0.4 is 5.32 Å². The zero-order valence-corrected chi connectivity index (χ0v) is 16.2. The summed E-state index contributed by atoms with van der Waals surface area (Å²) in [5.74, 6) is -1.39. The number of hydrogen-bond acceptors (Lipinski definition) is 3. The smallest absolute Gasteiger partial charge is 0.308 e. The first-order valence-electron chi connectivity index (χ1n) is 9.04. The van der Waals surface area contributed by atoms with Crippen LogP contribution in [-0.4, -0.2) is 11.9 Å². The second-order valence-electron chi connectivity index (χ2n) is 6.37. The summed E-state index contributed by atoms with van der Waals surface area (Å²) < 4.78 is 18.9. The summed E-state index contributed by atoms with van der Waals surface area (Å²) in [6, 6.07) is 21.2. The maximum Gasteiger partial charge on any atom is 0.308 e. The van der Waals surface area contributed by atoms with Crippen LogP contribution in [0.1, 0.15) is 33.9 Å². The molecule has 0 saturated carbocycles. The third-order valence-corrected chi connectivity index (χ3v) is 4.67. The van der Waals surface area contributed by atoms with Crippen molar-refractivity contribution in [2.24, 2.45) is 0 Å². The van der Waals surface area contributed by atoms with Crippen LogP contribution in [0, 0.1) is 5.82 Å². The van der Waals surface area contributed by atoms with Gasteiger partial charge in [0.25, 0.3) is 5.91 Å². The average Bonchev–Trinajstić information content (AvgIpc) is 2.73. The van der Waals surface area contributed by atoms with Crippen LogP contribution >= 0.6 is 11.6 Å². The van der Waals surface area contributed by atoms with Crippen LogP contribution in [0.3, 0.4) is 0 Å². The normalized spacial score (nSPS) is 11.5. The van der Waals surface area contributed by atoms with E-state index in [4.69, 9.17) is 16.3 Å². The van der Waals surface area contributed by atoms with Crippen LogP contribution in [0.4, 0.5) is 4.39 Å². The van der Waals surface area contributed by atoms with Crippen LogP contribution in [0.15, 0.2) is 78.9 Å². The molecule has 0 aromatic heterocycles. The Morgan fingerprint density at radius 3 is 2.31 bits per heavy atom. The van der Waals surface area contributed by atoms with Gasteiger partial charge in [-0.25, -0.2) is 4.39 Å². The number of rotatable bonds is 7. The van der Waals surface area contributed by atoms with Crippen molar-refractivity contribution >= 4 is 23.5 Å². The molecule has 1 amide bonds. The number of esters is 1. The fourth-order valence-corrected chi connectivity index (χ4v) is 3.04. The summed E-state index contributed by atoms with van der Waals surface area (Å²) in [7, 11) is 0. The molecule has 3 rings (SSSR count). The third-order valence-electron chi connectivity index (χ3n) is 4.34. The van der Waals surface area contributed by atoms with E-state index in [1.54, 1.807) is 42.5 Å². The zero-order chi connectivity index (χ0) is 20.6. The first kappa shape index (κ1) is 20.6. The highest BCUT2D eigenvalue weighted by atomic mass is 35.5. The molecule has 0 heterocycles. The molecule has 6 heteroatoms. The number of carbonyl (C=O) groups is 2. The average molecular weight is 412 g/mol. The Kier molecular flexibility index (Phi) is 6.98. The SMILES string of the molecule is O=C(C[C@H](NC(=O)c1ccccc1Cl)c1ccccc1)OCc1ccccc1F. The second-order valence-corrected chi connectivity index (χ2v) is 6.78. The molecular weight excluding hydrogens is 393 g/mol. The first-order valence-corrected chi connectivity index (χ1v) is 9.42. The maximum absolute atomic E-state index is 13.7. The van der Waals surface area contributed by atoms with Gasteiger partial charge in [0.05, 0.1) is 23.0 Å². The maximum atomic E-state index is 13.7. The van der Waals surface area contributed by atoms with Gasteiger partial charge in [-0.1, -0.05) is 72.3 Å². The molecule has 0 spiro atoms. The van der Waals surface area contributed by atoms with E-state index >= 15 is 0 Å². The third kappa shape index (κ3) is 5.65. The van der Waals surface area contributed by atoms with E-state index < -0.39 is 23.7 Å². The number of nitrogens with one attached hydrogen (secondary N) is 1. The highest BCUT2D eigenvalue weighted by molar-refractivity contribution is 6.33. The van der Waals surface area contributed by atoms with Crippen LogP contribution in [0.2, 0.25) is 5.02 Å². The Morgan fingerprint density at radius 1 is 0.931 bits per heavy atom. The molecule has 3 aromatic rings. The van der Waals surface area contributed by atoms with Crippen molar-refractivity contribution in [3.63, 3.8) is 0 Å². The molecular formula is C23H19ClFNO3. The van der Waals surface area contributed by atoms with Crippen molar-refractivity contribution in [1.82, 2.24) is 5.32 Å². The highest BCUT2D eigenvalue weighted by Gasteiger charge is 2.21. The number of carbonyl (C=O) groups excluding carboxylic acids is 2. The van der Waals surface area contributed by atoms with Crippen LogP contribution in [0.5, 0.6) is 0 Å². The zero-order valence-electron chi connectivity index (χ0n) is 15.5. The van der Waals surface area contributed by atoms with Gasteiger partial charge in [-0.3, -0.25) is 9.59 Å². The second kappa shape index (κ2) is 9.85. The Morgan fingerprint density at radius 2 is 1.59 bits per heavy atom.